The van der Waals surface area contributed by atoms with Crippen molar-refractivity contribution < 1.29 is 4.92 Å². The first-order valence-electron chi connectivity index (χ1n) is 6.05. The van der Waals surface area contributed by atoms with Gasteiger partial charge in [0.05, 0.1) is 4.92 Å². The molecule has 2 atom stereocenters. The van der Waals surface area contributed by atoms with Crippen molar-refractivity contribution in [2.24, 2.45) is 11.8 Å². The first-order chi connectivity index (χ1) is 8.65. The van der Waals surface area contributed by atoms with Crippen LogP contribution in [0.5, 0.6) is 0 Å². The van der Waals surface area contributed by atoms with Crippen molar-refractivity contribution >= 4 is 27.3 Å². The Kier molecular flexibility index (Phi) is 2.99. The van der Waals surface area contributed by atoms with Crippen molar-refractivity contribution in [1.29, 1.82) is 0 Å². The number of nitro groups is 1. The molecule has 0 amide bonds. The van der Waals surface area contributed by atoms with E-state index in [0.717, 1.165) is 36.3 Å². The minimum absolute atomic E-state index is 0.192. The molecule has 2 heterocycles. The summed E-state index contributed by atoms with van der Waals surface area (Å²) in [6, 6.07) is 5.30. The van der Waals surface area contributed by atoms with Crippen LogP contribution in [0, 0.1) is 22.0 Å². The van der Waals surface area contributed by atoms with Crippen LogP contribution in [0.2, 0.25) is 0 Å². The van der Waals surface area contributed by atoms with Gasteiger partial charge >= 0.3 is 0 Å². The molecule has 2 aliphatic heterocycles. The molecule has 96 valence electrons. The number of hydrogen-bond acceptors (Lipinski definition) is 4. The van der Waals surface area contributed by atoms with Gasteiger partial charge in [0.15, 0.2) is 0 Å². The van der Waals surface area contributed by atoms with E-state index in [1.807, 2.05) is 12.1 Å². The highest BCUT2D eigenvalue weighted by atomic mass is 79.9. The molecule has 0 bridgehead atoms. The third-order valence-electron chi connectivity index (χ3n) is 3.86. The third-order valence-corrected chi connectivity index (χ3v) is 4.36. The number of hydrogen-bond donors (Lipinski definition) is 1. The fourth-order valence-electron chi connectivity index (χ4n) is 2.96. The quantitative estimate of drug-likeness (QED) is 0.670. The molecular formula is C12H14BrN3O2. The predicted molar refractivity (Wildman–Crippen MR) is 72.9 cm³/mol. The van der Waals surface area contributed by atoms with Crippen molar-refractivity contribution in [2.75, 3.05) is 31.1 Å². The zero-order chi connectivity index (χ0) is 12.7. The molecule has 0 unspecified atom stereocenters. The molecular weight excluding hydrogens is 298 g/mol. The van der Waals surface area contributed by atoms with Crippen LogP contribution < -0.4 is 10.2 Å². The highest BCUT2D eigenvalue weighted by Crippen LogP contribution is 2.36. The number of anilines is 1. The van der Waals surface area contributed by atoms with Gasteiger partial charge in [-0.2, -0.15) is 0 Å². The Morgan fingerprint density at radius 3 is 2.61 bits per heavy atom. The van der Waals surface area contributed by atoms with Crippen LogP contribution in [0.4, 0.5) is 11.4 Å². The summed E-state index contributed by atoms with van der Waals surface area (Å²) in [5, 5.41) is 14.5. The summed E-state index contributed by atoms with van der Waals surface area (Å²) in [6.45, 7) is 3.90. The van der Waals surface area contributed by atoms with Crippen LogP contribution in [0.3, 0.4) is 0 Å². The maximum absolute atomic E-state index is 11.1. The lowest BCUT2D eigenvalue weighted by atomic mass is 10.0. The van der Waals surface area contributed by atoms with Crippen molar-refractivity contribution in [3.8, 4) is 0 Å². The molecule has 1 N–H and O–H groups in total. The summed E-state index contributed by atoms with van der Waals surface area (Å²) in [7, 11) is 0. The molecule has 6 heteroatoms. The first-order valence-corrected chi connectivity index (χ1v) is 6.84. The van der Waals surface area contributed by atoms with Crippen molar-refractivity contribution in [3.05, 3.63) is 32.8 Å². The maximum atomic E-state index is 11.1. The van der Waals surface area contributed by atoms with E-state index in [-0.39, 0.29) is 10.6 Å². The van der Waals surface area contributed by atoms with Gasteiger partial charge in [-0.1, -0.05) is 15.9 Å². The van der Waals surface area contributed by atoms with Gasteiger partial charge in [0.25, 0.3) is 5.69 Å². The van der Waals surface area contributed by atoms with Gasteiger partial charge in [0.1, 0.15) is 5.69 Å². The molecule has 0 radical (unpaired) electrons. The van der Waals surface area contributed by atoms with E-state index in [4.69, 9.17) is 0 Å². The van der Waals surface area contributed by atoms with Crippen LogP contribution in [0.25, 0.3) is 0 Å². The van der Waals surface area contributed by atoms with Crippen LogP contribution in [0.1, 0.15) is 0 Å². The Labute approximate surface area is 113 Å². The molecule has 2 fully saturated rings. The zero-order valence-corrected chi connectivity index (χ0v) is 11.4. The molecule has 0 aliphatic carbocycles. The van der Waals surface area contributed by atoms with Crippen LogP contribution >= 0.6 is 15.9 Å². The summed E-state index contributed by atoms with van der Waals surface area (Å²) in [6.07, 6.45) is 0. The van der Waals surface area contributed by atoms with E-state index in [9.17, 15) is 10.1 Å². The normalized spacial score (nSPS) is 26.4. The molecule has 18 heavy (non-hydrogen) atoms. The Balaban J connectivity index is 1.90. The van der Waals surface area contributed by atoms with Gasteiger partial charge < -0.3 is 10.2 Å². The summed E-state index contributed by atoms with van der Waals surface area (Å²) in [5.41, 5.74) is 0.940. The molecule has 0 saturated carbocycles. The standard InChI is InChI=1S/C12H14BrN3O2/c13-10-1-2-11(12(3-10)16(17)18)15-6-8-4-14-5-9(8)7-15/h1-3,8-9,14H,4-7H2/t8-,9+. The number of nitrogens with zero attached hydrogens (tertiary/aromatic N) is 2. The van der Waals surface area contributed by atoms with E-state index in [2.05, 4.69) is 26.1 Å². The summed E-state index contributed by atoms with van der Waals surface area (Å²) < 4.78 is 0.749. The highest BCUT2D eigenvalue weighted by Gasteiger charge is 2.37. The van der Waals surface area contributed by atoms with Gasteiger partial charge in [-0.25, -0.2) is 0 Å². The number of fused-ring (bicyclic) bond motifs is 1. The average Bonchev–Trinajstić information content (AvgIpc) is 2.88. The van der Waals surface area contributed by atoms with E-state index < -0.39 is 0 Å². The van der Waals surface area contributed by atoms with E-state index in [0.29, 0.717) is 11.8 Å². The molecule has 0 spiro atoms. The van der Waals surface area contributed by atoms with Crippen LogP contribution in [-0.2, 0) is 0 Å². The SMILES string of the molecule is O=[N+]([O-])c1cc(Br)ccc1N1C[C@H]2CNC[C@H]2C1. The number of rotatable bonds is 2. The number of nitro benzene ring substituents is 1. The maximum Gasteiger partial charge on any atom is 0.293 e. The van der Waals surface area contributed by atoms with Gasteiger partial charge in [0.2, 0.25) is 0 Å². The summed E-state index contributed by atoms with van der Waals surface area (Å²) >= 11 is 3.29. The molecule has 5 nitrogen and oxygen atoms in total. The predicted octanol–water partition coefficient (Wildman–Crippen LogP) is 2.01. The second-order valence-electron chi connectivity index (χ2n) is 4.97. The average molecular weight is 312 g/mol. The van der Waals surface area contributed by atoms with Gasteiger partial charge in [-0.3, -0.25) is 10.1 Å². The second-order valence-corrected chi connectivity index (χ2v) is 5.89. The lowest BCUT2D eigenvalue weighted by Gasteiger charge is -2.19. The summed E-state index contributed by atoms with van der Waals surface area (Å²) in [5.74, 6) is 1.27. The summed E-state index contributed by atoms with van der Waals surface area (Å²) in [4.78, 5) is 13.0. The smallest absolute Gasteiger partial charge is 0.293 e. The topological polar surface area (TPSA) is 58.4 Å². The number of benzene rings is 1. The molecule has 1 aromatic carbocycles. The van der Waals surface area contributed by atoms with E-state index >= 15 is 0 Å². The van der Waals surface area contributed by atoms with Gasteiger partial charge in [-0.05, 0) is 24.0 Å². The highest BCUT2D eigenvalue weighted by molar-refractivity contribution is 9.10. The molecule has 2 saturated heterocycles. The molecule has 2 aliphatic rings. The molecule has 0 aromatic heterocycles. The molecule has 3 rings (SSSR count). The zero-order valence-electron chi connectivity index (χ0n) is 9.80. The monoisotopic (exact) mass is 311 g/mol. The Hall–Kier alpha value is -1.14. The first kappa shape index (κ1) is 11.9. The van der Waals surface area contributed by atoms with Crippen LogP contribution in [-0.4, -0.2) is 31.1 Å². The van der Waals surface area contributed by atoms with Crippen molar-refractivity contribution in [1.82, 2.24) is 5.32 Å². The number of halogens is 1. The van der Waals surface area contributed by atoms with E-state index in [1.54, 1.807) is 6.07 Å². The fourth-order valence-corrected chi connectivity index (χ4v) is 3.31. The van der Waals surface area contributed by atoms with Crippen LogP contribution in [0.15, 0.2) is 22.7 Å². The minimum atomic E-state index is -0.299. The number of nitrogens with one attached hydrogen (secondary N) is 1. The second kappa shape index (κ2) is 4.51. The minimum Gasteiger partial charge on any atom is -0.365 e. The van der Waals surface area contributed by atoms with Crippen molar-refractivity contribution in [2.45, 2.75) is 0 Å². The largest absolute Gasteiger partial charge is 0.365 e. The molecule has 1 aromatic rings. The lowest BCUT2D eigenvalue weighted by molar-refractivity contribution is -0.384. The van der Waals surface area contributed by atoms with Gasteiger partial charge in [0, 0.05) is 36.7 Å². The van der Waals surface area contributed by atoms with Gasteiger partial charge in [-0.15, -0.1) is 0 Å². The Morgan fingerprint density at radius 1 is 1.33 bits per heavy atom. The fraction of sp³-hybridized carbons (Fsp3) is 0.500. The van der Waals surface area contributed by atoms with E-state index in [1.165, 1.54) is 0 Å². The Morgan fingerprint density at radius 2 is 2.00 bits per heavy atom. The Bertz CT molecular complexity index is 482. The third kappa shape index (κ3) is 1.99. The lowest BCUT2D eigenvalue weighted by Crippen LogP contribution is -2.26. The van der Waals surface area contributed by atoms with Crippen molar-refractivity contribution in [3.63, 3.8) is 0 Å².